The third-order valence-electron chi connectivity index (χ3n) is 2.81. The van der Waals surface area contributed by atoms with Gasteiger partial charge in [0.05, 0.1) is 17.3 Å². The molecule has 0 amide bonds. The Morgan fingerprint density at radius 3 is 2.71 bits per heavy atom. The minimum Gasteiger partial charge on any atom is -0.393 e. The number of nitrogens with one attached hydrogen (secondary N) is 2. The van der Waals surface area contributed by atoms with E-state index in [2.05, 4.69) is 20.6 Å². The Morgan fingerprint density at radius 1 is 1.29 bits per heavy atom. The summed E-state index contributed by atoms with van der Waals surface area (Å²) in [6, 6.07) is 7.47. The summed E-state index contributed by atoms with van der Waals surface area (Å²) in [4.78, 5) is 8.30. The second kappa shape index (κ2) is 7.10. The largest absolute Gasteiger partial charge is 0.393 e. The number of hydrogen-bond donors (Lipinski definition) is 3. The molecule has 7 heteroatoms. The Hall–Kier alpha value is -2.05. The van der Waals surface area contributed by atoms with Crippen LogP contribution in [0.4, 0.5) is 23.0 Å². The SMILES string of the molecule is COCC(C)Nc1ncnc(Nc2ccccc2Cl)c1N. The highest BCUT2D eigenvalue weighted by Crippen LogP contribution is 2.29. The van der Waals surface area contributed by atoms with E-state index < -0.39 is 0 Å². The number of methoxy groups -OCH3 is 1. The maximum Gasteiger partial charge on any atom is 0.159 e. The molecule has 2 rings (SSSR count). The van der Waals surface area contributed by atoms with Gasteiger partial charge < -0.3 is 21.1 Å². The van der Waals surface area contributed by atoms with Crippen LogP contribution in [0.3, 0.4) is 0 Å². The van der Waals surface area contributed by atoms with Gasteiger partial charge in [-0.1, -0.05) is 23.7 Å². The van der Waals surface area contributed by atoms with E-state index in [-0.39, 0.29) is 6.04 Å². The van der Waals surface area contributed by atoms with Crippen LogP contribution in [0, 0.1) is 0 Å². The number of rotatable bonds is 6. The Morgan fingerprint density at radius 2 is 2.00 bits per heavy atom. The van der Waals surface area contributed by atoms with Gasteiger partial charge in [0.15, 0.2) is 11.6 Å². The molecule has 0 fully saturated rings. The van der Waals surface area contributed by atoms with Crippen molar-refractivity contribution < 1.29 is 4.74 Å². The third-order valence-corrected chi connectivity index (χ3v) is 3.14. The van der Waals surface area contributed by atoms with Crippen molar-refractivity contribution in [1.29, 1.82) is 0 Å². The molecule has 0 spiro atoms. The molecular formula is C14H18ClN5O. The zero-order valence-electron chi connectivity index (χ0n) is 11.9. The normalized spacial score (nSPS) is 12.0. The third kappa shape index (κ3) is 3.96. The molecule has 0 bridgehead atoms. The molecule has 1 aromatic heterocycles. The molecule has 6 nitrogen and oxygen atoms in total. The number of nitrogens with two attached hydrogens (primary N) is 1. The zero-order valence-corrected chi connectivity index (χ0v) is 12.7. The van der Waals surface area contributed by atoms with Crippen LogP contribution < -0.4 is 16.4 Å². The van der Waals surface area contributed by atoms with Crippen molar-refractivity contribution >= 4 is 34.6 Å². The fraction of sp³-hybridized carbons (Fsp3) is 0.286. The number of hydrogen-bond acceptors (Lipinski definition) is 6. The Balaban J connectivity index is 2.20. The Bertz CT molecular complexity index is 608. The minimum absolute atomic E-state index is 0.0837. The van der Waals surface area contributed by atoms with E-state index in [1.165, 1.54) is 6.33 Å². The fourth-order valence-electron chi connectivity index (χ4n) is 1.83. The lowest BCUT2D eigenvalue weighted by molar-refractivity contribution is 0.190. The minimum atomic E-state index is 0.0837. The van der Waals surface area contributed by atoms with E-state index in [1.807, 2.05) is 25.1 Å². The van der Waals surface area contributed by atoms with Crippen molar-refractivity contribution in [3.8, 4) is 0 Å². The first-order valence-corrected chi connectivity index (χ1v) is 6.87. The fourth-order valence-corrected chi connectivity index (χ4v) is 2.01. The number of benzene rings is 1. The quantitative estimate of drug-likeness (QED) is 0.761. The lowest BCUT2D eigenvalue weighted by Crippen LogP contribution is -2.22. The second-order valence-electron chi connectivity index (χ2n) is 4.59. The van der Waals surface area contributed by atoms with Gasteiger partial charge >= 0.3 is 0 Å². The topological polar surface area (TPSA) is 85.1 Å². The summed E-state index contributed by atoms with van der Waals surface area (Å²) in [5.41, 5.74) is 7.26. The van der Waals surface area contributed by atoms with E-state index in [1.54, 1.807) is 13.2 Å². The van der Waals surface area contributed by atoms with Gasteiger partial charge in [-0.05, 0) is 19.1 Å². The van der Waals surface area contributed by atoms with Crippen LogP contribution >= 0.6 is 11.6 Å². The first-order chi connectivity index (χ1) is 10.1. The molecular weight excluding hydrogens is 290 g/mol. The van der Waals surface area contributed by atoms with E-state index in [0.29, 0.717) is 29.0 Å². The van der Waals surface area contributed by atoms with E-state index in [0.717, 1.165) is 5.69 Å². The van der Waals surface area contributed by atoms with Gasteiger partial charge in [0, 0.05) is 13.2 Å². The molecule has 4 N–H and O–H groups in total. The van der Waals surface area contributed by atoms with Crippen LogP contribution in [0.5, 0.6) is 0 Å². The first kappa shape index (κ1) is 15.3. The van der Waals surface area contributed by atoms with Gasteiger partial charge in [-0.2, -0.15) is 0 Å². The monoisotopic (exact) mass is 307 g/mol. The van der Waals surface area contributed by atoms with Crippen molar-refractivity contribution in [1.82, 2.24) is 9.97 Å². The number of nitrogen functional groups attached to an aromatic ring is 1. The van der Waals surface area contributed by atoms with E-state index in [4.69, 9.17) is 22.1 Å². The van der Waals surface area contributed by atoms with Crippen molar-refractivity contribution in [2.75, 3.05) is 30.1 Å². The molecule has 0 saturated heterocycles. The van der Waals surface area contributed by atoms with Crippen LogP contribution in [0.15, 0.2) is 30.6 Å². The number of anilines is 4. The predicted octanol–water partition coefficient (Wildman–Crippen LogP) is 2.90. The number of para-hydroxylation sites is 1. The molecule has 0 saturated carbocycles. The van der Waals surface area contributed by atoms with E-state index in [9.17, 15) is 0 Å². The van der Waals surface area contributed by atoms with Crippen molar-refractivity contribution in [3.63, 3.8) is 0 Å². The molecule has 112 valence electrons. The summed E-state index contributed by atoms with van der Waals surface area (Å²) in [7, 11) is 1.64. The zero-order chi connectivity index (χ0) is 15.2. The molecule has 1 aromatic carbocycles. The molecule has 2 aromatic rings. The molecule has 0 radical (unpaired) electrons. The highest BCUT2D eigenvalue weighted by Gasteiger charge is 2.11. The molecule has 0 aliphatic heterocycles. The van der Waals surface area contributed by atoms with Crippen molar-refractivity contribution in [3.05, 3.63) is 35.6 Å². The molecule has 1 heterocycles. The van der Waals surface area contributed by atoms with Crippen LogP contribution in [-0.2, 0) is 4.74 Å². The number of halogens is 1. The average Bonchev–Trinajstić information content (AvgIpc) is 2.46. The Kier molecular flexibility index (Phi) is 5.19. The standard InChI is InChI=1S/C14H18ClN5O/c1-9(7-21-2)19-13-12(16)14(18-8-17-13)20-11-6-4-3-5-10(11)15/h3-6,8-9H,7,16H2,1-2H3,(H2,17,18,19,20). The maximum absolute atomic E-state index is 6.11. The van der Waals surface area contributed by atoms with E-state index >= 15 is 0 Å². The summed E-state index contributed by atoms with van der Waals surface area (Å²) in [5.74, 6) is 1.06. The second-order valence-corrected chi connectivity index (χ2v) is 5.00. The lowest BCUT2D eigenvalue weighted by Gasteiger charge is -2.16. The summed E-state index contributed by atoms with van der Waals surface area (Å²) in [5, 5.41) is 6.88. The predicted molar refractivity (Wildman–Crippen MR) is 86.1 cm³/mol. The van der Waals surface area contributed by atoms with Crippen LogP contribution in [-0.4, -0.2) is 29.7 Å². The summed E-state index contributed by atoms with van der Waals surface area (Å²) in [6.45, 7) is 2.53. The van der Waals surface area contributed by atoms with Gasteiger partial charge in [0.1, 0.15) is 12.0 Å². The van der Waals surface area contributed by atoms with Crippen LogP contribution in [0.1, 0.15) is 6.92 Å². The van der Waals surface area contributed by atoms with Crippen molar-refractivity contribution in [2.24, 2.45) is 0 Å². The first-order valence-electron chi connectivity index (χ1n) is 6.49. The molecule has 1 unspecified atom stereocenters. The lowest BCUT2D eigenvalue weighted by atomic mass is 10.3. The molecule has 1 atom stereocenters. The highest BCUT2D eigenvalue weighted by atomic mass is 35.5. The smallest absolute Gasteiger partial charge is 0.159 e. The summed E-state index contributed by atoms with van der Waals surface area (Å²) in [6.07, 6.45) is 1.44. The average molecular weight is 308 g/mol. The molecule has 0 aliphatic carbocycles. The van der Waals surface area contributed by atoms with Gasteiger partial charge in [0.25, 0.3) is 0 Å². The number of ether oxygens (including phenoxy) is 1. The van der Waals surface area contributed by atoms with Gasteiger partial charge in [-0.3, -0.25) is 0 Å². The van der Waals surface area contributed by atoms with Gasteiger partial charge in [-0.15, -0.1) is 0 Å². The summed E-state index contributed by atoms with van der Waals surface area (Å²) < 4.78 is 5.08. The van der Waals surface area contributed by atoms with Gasteiger partial charge in [0.2, 0.25) is 0 Å². The van der Waals surface area contributed by atoms with Crippen LogP contribution in [0.25, 0.3) is 0 Å². The van der Waals surface area contributed by atoms with Gasteiger partial charge in [-0.25, -0.2) is 9.97 Å². The molecule has 21 heavy (non-hydrogen) atoms. The van der Waals surface area contributed by atoms with Crippen LogP contribution in [0.2, 0.25) is 5.02 Å². The van der Waals surface area contributed by atoms with Crippen molar-refractivity contribution in [2.45, 2.75) is 13.0 Å². The molecule has 0 aliphatic rings. The Labute approximate surface area is 128 Å². The number of nitrogens with zero attached hydrogens (tertiary/aromatic N) is 2. The highest BCUT2D eigenvalue weighted by molar-refractivity contribution is 6.33. The number of aromatic nitrogens is 2. The summed E-state index contributed by atoms with van der Waals surface area (Å²) >= 11 is 6.11. The maximum atomic E-state index is 6.11.